The molecule has 2 atom stereocenters. The van der Waals surface area contributed by atoms with Gasteiger partial charge >= 0.3 is 0 Å². The van der Waals surface area contributed by atoms with Crippen LogP contribution in [0, 0.1) is 0 Å². The molecule has 0 fully saturated rings. The highest BCUT2D eigenvalue weighted by atomic mass is 16.3. The molecule has 0 radical (unpaired) electrons. The molecule has 11 heavy (non-hydrogen) atoms. The first-order chi connectivity index (χ1) is 5.22. The van der Waals surface area contributed by atoms with Crippen LogP contribution in [0.25, 0.3) is 0 Å². The van der Waals surface area contributed by atoms with Crippen molar-refractivity contribution in [3.63, 3.8) is 0 Å². The zero-order valence-corrected chi connectivity index (χ0v) is 6.44. The molecule has 1 rings (SSSR count). The Hall–Kier alpha value is -0.930. The molecule has 3 N–H and O–H groups in total. The molecular formula is C8H12N2O. The normalized spacial score (nSPS) is 15.9. The average Bonchev–Trinajstić information content (AvgIpc) is 2.05. The first-order valence-electron chi connectivity index (χ1n) is 3.55. The summed E-state index contributed by atoms with van der Waals surface area (Å²) in [6.07, 6.45) is 2.69. The van der Waals surface area contributed by atoms with Gasteiger partial charge in [0.05, 0.1) is 6.10 Å². The molecule has 60 valence electrons. The molecule has 0 saturated carbocycles. The van der Waals surface area contributed by atoms with E-state index in [-0.39, 0.29) is 6.04 Å². The quantitative estimate of drug-likeness (QED) is 0.647. The van der Waals surface area contributed by atoms with Crippen LogP contribution in [0.3, 0.4) is 0 Å². The van der Waals surface area contributed by atoms with Gasteiger partial charge in [-0.25, -0.2) is 0 Å². The highest BCUT2D eigenvalue weighted by Crippen LogP contribution is 2.12. The number of hydrogen-bond donors (Lipinski definition) is 2. The van der Waals surface area contributed by atoms with E-state index in [4.69, 9.17) is 5.73 Å². The van der Waals surface area contributed by atoms with E-state index >= 15 is 0 Å². The molecule has 0 aromatic carbocycles. The fourth-order valence-corrected chi connectivity index (χ4v) is 0.864. The predicted octanol–water partition coefficient (Wildman–Crippen LogP) is 0.462. The van der Waals surface area contributed by atoms with Crippen molar-refractivity contribution >= 4 is 0 Å². The molecule has 0 aliphatic heterocycles. The average molecular weight is 152 g/mol. The number of aliphatic hydroxyl groups is 1. The molecular weight excluding hydrogens is 140 g/mol. The summed E-state index contributed by atoms with van der Waals surface area (Å²) in [5.41, 5.74) is 6.31. The summed E-state index contributed by atoms with van der Waals surface area (Å²) in [5, 5.41) is 9.44. The SMILES string of the molecule is CC(N)C(O)c1ccncc1. The largest absolute Gasteiger partial charge is 0.387 e. The molecule has 0 aliphatic rings. The minimum atomic E-state index is -0.585. The molecule has 0 saturated heterocycles. The van der Waals surface area contributed by atoms with Crippen LogP contribution in [0.4, 0.5) is 0 Å². The van der Waals surface area contributed by atoms with Crippen LogP contribution >= 0.6 is 0 Å². The van der Waals surface area contributed by atoms with Crippen molar-refractivity contribution in [1.82, 2.24) is 4.98 Å². The Labute approximate surface area is 65.9 Å². The molecule has 0 bridgehead atoms. The second-order valence-electron chi connectivity index (χ2n) is 2.58. The van der Waals surface area contributed by atoms with Gasteiger partial charge in [-0.15, -0.1) is 0 Å². The molecule has 3 nitrogen and oxygen atoms in total. The first-order valence-corrected chi connectivity index (χ1v) is 3.55. The van der Waals surface area contributed by atoms with Gasteiger partial charge in [-0.3, -0.25) is 4.98 Å². The van der Waals surface area contributed by atoms with Crippen LogP contribution in [-0.2, 0) is 0 Å². The van der Waals surface area contributed by atoms with Crippen LogP contribution in [0.5, 0.6) is 0 Å². The fourth-order valence-electron chi connectivity index (χ4n) is 0.864. The van der Waals surface area contributed by atoms with Gasteiger partial charge in [0.15, 0.2) is 0 Å². The fraction of sp³-hybridized carbons (Fsp3) is 0.375. The van der Waals surface area contributed by atoms with E-state index in [0.717, 1.165) is 5.56 Å². The summed E-state index contributed by atoms with van der Waals surface area (Å²) >= 11 is 0. The van der Waals surface area contributed by atoms with Crippen LogP contribution in [0.15, 0.2) is 24.5 Å². The third kappa shape index (κ3) is 2.00. The lowest BCUT2D eigenvalue weighted by Crippen LogP contribution is -2.24. The zero-order chi connectivity index (χ0) is 8.27. The molecule has 1 aromatic heterocycles. The predicted molar refractivity (Wildman–Crippen MR) is 42.8 cm³/mol. The number of rotatable bonds is 2. The van der Waals surface area contributed by atoms with E-state index in [1.54, 1.807) is 31.5 Å². The third-order valence-electron chi connectivity index (χ3n) is 1.55. The van der Waals surface area contributed by atoms with E-state index in [1.165, 1.54) is 0 Å². The number of hydrogen-bond acceptors (Lipinski definition) is 3. The second-order valence-corrected chi connectivity index (χ2v) is 2.58. The van der Waals surface area contributed by atoms with Gasteiger partial charge in [0, 0.05) is 18.4 Å². The first kappa shape index (κ1) is 8.17. The second kappa shape index (κ2) is 3.46. The van der Waals surface area contributed by atoms with Crippen molar-refractivity contribution in [2.45, 2.75) is 19.1 Å². The zero-order valence-electron chi connectivity index (χ0n) is 6.44. The Morgan fingerprint density at radius 1 is 1.45 bits per heavy atom. The van der Waals surface area contributed by atoms with Gasteiger partial charge in [0.25, 0.3) is 0 Å². The van der Waals surface area contributed by atoms with Crippen LogP contribution in [0.2, 0.25) is 0 Å². The van der Waals surface area contributed by atoms with Gasteiger partial charge in [-0.2, -0.15) is 0 Å². The summed E-state index contributed by atoms with van der Waals surface area (Å²) in [5.74, 6) is 0. The number of aliphatic hydroxyl groups excluding tert-OH is 1. The van der Waals surface area contributed by atoms with E-state index in [1.807, 2.05) is 0 Å². The van der Waals surface area contributed by atoms with Crippen molar-refractivity contribution in [3.8, 4) is 0 Å². The monoisotopic (exact) mass is 152 g/mol. The molecule has 2 unspecified atom stereocenters. The van der Waals surface area contributed by atoms with Crippen molar-refractivity contribution in [2.75, 3.05) is 0 Å². The van der Waals surface area contributed by atoms with Gasteiger partial charge in [-0.1, -0.05) is 0 Å². The Morgan fingerprint density at radius 2 is 2.00 bits per heavy atom. The lowest BCUT2D eigenvalue weighted by Gasteiger charge is -2.13. The van der Waals surface area contributed by atoms with Crippen LogP contribution in [0.1, 0.15) is 18.6 Å². The number of pyridine rings is 1. The van der Waals surface area contributed by atoms with Crippen molar-refractivity contribution in [2.24, 2.45) is 5.73 Å². The highest BCUT2D eigenvalue weighted by Gasteiger charge is 2.10. The Morgan fingerprint density at radius 3 is 2.45 bits per heavy atom. The number of aromatic nitrogens is 1. The van der Waals surface area contributed by atoms with Crippen molar-refractivity contribution in [1.29, 1.82) is 0 Å². The molecule has 0 spiro atoms. The summed E-state index contributed by atoms with van der Waals surface area (Å²) < 4.78 is 0. The van der Waals surface area contributed by atoms with Crippen LogP contribution in [-0.4, -0.2) is 16.1 Å². The van der Waals surface area contributed by atoms with Gasteiger partial charge in [-0.05, 0) is 24.6 Å². The van der Waals surface area contributed by atoms with Gasteiger partial charge in [0.2, 0.25) is 0 Å². The van der Waals surface area contributed by atoms with Crippen LogP contribution < -0.4 is 5.73 Å². The maximum Gasteiger partial charge on any atom is 0.0939 e. The van der Waals surface area contributed by atoms with Crippen molar-refractivity contribution in [3.05, 3.63) is 30.1 Å². The number of nitrogens with two attached hydrogens (primary N) is 1. The van der Waals surface area contributed by atoms with E-state index < -0.39 is 6.10 Å². The third-order valence-corrected chi connectivity index (χ3v) is 1.55. The van der Waals surface area contributed by atoms with E-state index in [9.17, 15) is 5.11 Å². The lowest BCUT2D eigenvalue weighted by molar-refractivity contribution is 0.153. The summed E-state index contributed by atoms with van der Waals surface area (Å²) in [4.78, 5) is 3.84. The molecule has 3 heteroatoms. The minimum absolute atomic E-state index is 0.239. The van der Waals surface area contributed by atoms with Gasteiger partial charge < -0.3 is 10.8 Å². The highest BCUT2D eigenvalue weighted by molar-refractivity contribution is 5.14. The Kier molecular flexibility index (Phi) is 2.57. The minimum Gasteiger partial charge on any atom is -0.387 e. The summed E-state index contributed by atoms with van der Waals surface area (Å²) in [7, 11) is 0. The lowest BCUT2D eigenvalue weighted by atomic mass is 10.1. The smallest absolute Gasteiger partial charge is 0.0939 e. The van der Waals surface area contributed by atoms with E-state index in [0.29, 0.717) is 0 Å². The molecule has 0 aliphatic carbocycles. The molecule has 0 amide bonds. The molecule has 1 aromatic rings. The maximum atomic E-state index is 9.44. The Bertz CT molecular complexity index is 211. The van der Waals surface area contributed by atoms with Crippen molar-refractivity contribution < 1.29 is 5.11 Å². The standard InChI is InChI=1S/C8H12N2O/c1-6(9)8(11)7-2-4-10-5-3-7/h2-6,8,11H,9H2,1H3. The summed E-state index contributed by atoms with van der Waals surface area (Å²) in [6, 6.07) is 3.28. The molecule has 1 heterocycles. The summed E-state index contributed by atoms with van der Waals surface area (Å²) in [6.45, 7) is 1.77. The van der Waals surface area contributed by atoms with E-state index in [2.05, 4.69) is 4.98 Å². The van der Waals surface area contributed by atoms with Gasteiger partial charge in [0.1, 0.15) is 0 Å². The Balaban J connectivity index is 2.77. The topological polar surface area (TPSA) is 59.1 Å². The number of nitrogens with zero attached hydrogens (tertiary/aromatic N) is 1. The maximum absolute atomic E-state index is 9.44.